The maximum absolute atomic E-state index is 12.5. The molecule has 6 nitrogen and oxygen atoms in total. The molecule has 1 fully saturated rings. The van der Waals surface area contributed by atoms with Crippen LogP contribution in [-0.2, 0) is 4.74 Å². The van der Waals surface area contributed by atoms with E-state index in [1.54, 1.807) is 6.07 Å². The number of anilines is 2. The van der Waals surface area contributed by atoms with Crippen LogP contribution >= 0.6 is 0 Å². The summed E-state index contributed by atoms with van der Waals surface area (Å²) in [5.41, 5.74) is 3.49. The zero-order valence-electron chi connectivity index (χ0n) is 20.5. The smallest absolute Gasteiger partial charge is 0.465 e. The Bertz CT molecular complexity index is 1230. The lowest BCUT2D eigenvalue weighted by Crippen LogP contribution is -2.29. The van der Waals surface area contributed by atoms with E-state index in [-0.39, 0.29) is 17.2 Å². The number of alkyl halides is 3. The number of fused-ring (bicyclic) bond motifs is 1. The predicted octanol–water partition coefficient (Wildman–Crippen LogP) is 7.16. The highest BCUT2D eigenvalue weighted by molar-refractivity contribution is 5.96. The number of imidazole rings is 1. The molecule has 0 radical (unpaired) electrons. The van der Waals surface area contributed by atoms with E-state index in [2.05, 4.69) is 35.4 Å². The van der Waals surface area contributed by atoms with Crippen LogP contribution in [0.4, 0.5) is 24.8 Å². The third-order valence-electron chi connectivity index (χ3n) is 6.51. The van der Waals surface area contributed by atoms with Crippen LogP contribution in [0, 0.1) is 18.3 Å². The fourth-order valence-corrected chi connectivity index (χ4v) is 5.39. The molecule has 1 aromatic heterocycles. The van der Waals surface area contributed by atoms with Crippen LogP contribution in [0.2, 0.25) is 0 Å². The van der Waals surface area contributed by atoms with Gasteiger partial charge in [0.1, 0.15) is 5.75 Å². The van der Waals surface area contributed by atoms with Gasteiger partial charge in [-0.25, -0.2) is 9.78 Å². The molecule has 1 heterocycles. The van der Waals surface area contributed by atoms with E-state index in [9.17, 15) is 18.0 Å². The number of esters is 1. The molecule has 1 aliphatic carbocycles. The number of rotatable bonds is 5. The van der Waals surface area contributed by atoms with E-state index in [0.717, 1.165) is 30.3 Å². The van der Waals surface area contributed by atoms with Crippen LogP contribution in [0.1, 0.15) is 62.0 Å². The first-order chi connectivity index (χ1) is 16.3. The van der Waals surface area contributed by atoms with Gasteiger partial charge in [-0.3, -0.25) is 0 Å². The molecule has 188 valence electrons. The van der Waals surface area contributed by atoms with Crippen molar-refractivity contribution in [1.82, 2.24) is 9.55 Å². The lowest BCUT2D eigenvalue weighted by Gasteiger charge is -2.40. The Morgan fingerprint density at radius 2 is 1.86 bits per heavy atom. The van der Waals surface area contributed by atoms with Gasteiger partial charge < -0.3 is 19.4 Å². The number of nitrogens with one attached hydrogen (secondary N) is 1. The first-order valence-corrected chi connectivity index (χ1v) is 11.6. The molecular weight excluding hydrogens is 459 g/mol. The van der Waals surface area contributed by atoms with Crippen LogP contribution in [-0.4, -0.2) is 29.0 Å². The van der Waals surface area contributed by atoms with Crippen LogP contribution in [0.25, 0.3) is 11.0 Å². The summed E-state index contributed by atoms with van der Waals surface area (Å²) in [4.78, 5) is 17.0. The molecule has 0 aliphatic heterocycles. The minimum atomic E-state index is -4.75. The van der Waals surface area contributed by atoms with Crippen molar-refractivity contribution in [3.05, 3.63) is 47.5 Å². The summed E-state index contributed by atoms with van der Waals surface area (Å²) >= 11 is 0. The molecule has 35 heavy (non-hydrogen) atoms. The zero-order valence-corrected chi connectivity index (χ0v) is 20.5. The van der Waals surface area contributed by atoms with Crippen LogP contribution in [0.15, 0.2) is 36.4 Å². The van der Waals surface area contributed by atoms with Gasteiger partial charge in [-0.2, -0.15) is 0 Å². The second-order valence-electron chi connectivity index (χ2n) is 10.2. The third-order valence-corrected chi connectivity index (χ3v) is 6.51. The molecule has 1 saturated carbocycles. The van der Waals surface area contributed by atoms with Crippen LogP contribution in [0.3, 0.4) is 0 Å². The van der Waals surface area contributed by atoms with Crippen LogP contribution < -0.4 is 10.1 Å². The number of methoxy groups -OCH3 is 1. The lowest BCUT2D eigenvalue weighted by atomic mass is 9.70. The highest BCUT2D eigenvalue weighted by atomic mass is 19.4. The molecule has 9 heteroatoms. The molecule has 0 saturated heterocycles. The van der Waals surface area contributed by atoms with Gasteiger partial charge >= 0.3 is 12.3 Å². The summed E-state index contributed by atoms with van der Waals surface area (Å²) in [5, 5.41) is 3.27. The number of halogens is 3. The normalized spacial score (nSPS) is 20.0. The molecule has 2 aromatic carbocycles. The number of ether oxygens (including phenoxy) is 2. The number of aromatic nitrogens is 2. The molecule has 1 aliphatic rings. The molecular formula is C26H30F3N3O3. The van der Waals surface area contributed by atoms with E-state index in [1.807, 2.05) is 13.0 Å². The standard InChI is InChI=1S/C26H30F3N3O3/c1-15-10-18(14-25(3,4)13-15)32-22-11-16(2)20(23(33)34-5)12-21(22)31-24(32)30-17-6-8-19(9-7-17)35-26(27,28)29/h6-9,11-12,15,18H,10,13-14H2,1-5H3,(H,30,31)/t15-,18-/m1/s1. The maximum atomic E-state index is 12.5. The highest BCUT2D eigenvalue weighted by Gasteiger charge is 2.35. The van der Waals surface area contributed by atoms with Crippen molar-refractivity contribution in [3.63, 3.8) is 0 Å². The Hall–Kier alpha value is -3.23. The van der Waals surface area contributed by atoms with Crippen molar-refractivity contribution in [2.45, 2.75) is 59.4 Å². The van der Waals surface area contributed by atoms with Crippen LogP contribution in [0.5, 0.6) is 5.75 Å². The Labute approximate surface area is 202 Å². The molecule has 3 aromatic rings. The quantitative estimate of drug-likeness (QED) is 0.385. The number of nitrogens with zero attached hydrogens (tertiary/aromatic N) is 2. The summed E-state index contributed by atoms with van der Waals surface area (Å²) in [7, 11) is 1.34. The van der Waals surface area contributed by atoms with Gasteiger partial charge in [-0.15, -0.1) is 13.2 Å². The molecule has 4 rings (SSSR count). The highest BCUT2D eigenvalue weighted by Crippen LogP contribution is 2.46. The second kappa shape index (κ2) is 9.09. The van der Waals surface area contributed by atoms with Crippen molar-refractivity contribution >= 4 is 28.6 Å². The Morgan fingerprint density at radius 1 is 1.17 bits per heavy atom. The second-order valence-corrected chi connectivity index (χ2v) is 10.2. The minimum Gasteiger partial charge on any atom is -0.465 e. The van der Waals surface area contributed by atoms with Gasteiger partial charge in [-0.1, -0.05) is 20.8 Å². The van der Waals surface area contributed by atoms with E-state index in [0.29, 0.717) is 28.6 Å². The van der Waals surface area contributed by atoms with Crippen molar-refractivity contribution in [1.29, 1.82) is 0 Å². The first kappa shape index (κ1) is 24.9. The number of aryl methyl sites for hydroxylation is 1. The SMILES string of the molecule is COC(=O)c1cc2nc(Nc3ccc(OC(F)(F)F)cc3)n([C@@H]3C[C@@H](C)CC(C)(C)C3)c2cc1C. The summed E-state index contributed by atoms with van der Waals surface area (Å²) < 4.78 is 48.6. The molecule has 0 amide bonds. The topological polar surface area (TPSA) is 65.4 Å². The number of carbonyl (C=O) groups is 1. The van der Waals surface area contributed by atoms with E-state index < -0.39 is 12.3 Å². The fourth-order valence-electron chi connectivity index (χ4n) is 5.39. The van der Waals surface area contributed by atoms with Gasteiger partial charge in [0, 0.05) is 11.7 Å². The lowest BCUT2D eigenvalue weighted by molar-refractivity contribution is -0.274. The van der Waals surface area contributed by atoms with Crippen molar-refractivity contribution in [3.8, 4) is 5.75 Å². The third kappa shape index (κ3) is 5.55. The van der Waals surface area contributed by atoms with Gasteiger partial charge in [0.2, 0.25) is 5.95 Å². The average Bonchev–Trinajstić information content (AvgIpc) is 3.08. The average molecular weight is 490 g/mol. The molecule has 0 bridgehead atoms. The van der Waals surface area contributed by atoms with E-state index in [4.69, 9.17) is 9.72 Å². The molecule has 2 atom stereocenters. The molecule has 1 N–H and O–H groups in total. The number of benzene rings is 2. The first-order valence-electron chi connectivity index (χ1n) is 11.6. The van der Waals surface area contributed by atoms with Crippen molar-refractivity contribution in [2.24, 2.45) is 11.3 Å². The van der Waals surface area contributed by atoms with Gasteiger partial charge in [0.25, 0.3) is 0 Å². The number of hydrogen-bond donors (Lipinski definition) is 1. The fraction of sp³-hybridized carbons (Fsp3) is 0.462. The van der Waals surface area contributed by atoms with Crippen molar-refractivity contribution in [2.75, 3.05) is 12.4 Å². The maximum Gasteiger partial charge on any atom is 0.573 e. The largest absolute Gasteiger partial charge is 0.573 e. The Morgan fingerprint density at radius 3 is 2.46 bits per heavy atom. The number of carbonyl (C=O) groups excluding carboxylic acids is 1. The predicted molar refractivity (Wildman–Crippen MR) is 128 cm³/mol. The summed E-state index contributed by atoms with van der Waals surface area (Å²) in [6.45, 7) is 8.65. The Kier molecular flexibility index (Phi) is 6.46. The summed E-state index contributed by atoms with van der Waals surface area (Å²) in [6, 6.07) is 9.40. The van der Waals surface area contributed by atoms with Gasteiger partial charge in [-0.05, 0) is 79.5 Å². The van der Waals surface area contributed by atoms with Crippen molar-refractivity contribution < 1.29 is 27.4 Å². The molecule has 0 unspecified atom stereocenters. The van der Waals surface area contributed by atoms with Gasteiger partial charge in [0.15, 0.2) is 0 Å². The summed E-state index contributed by atoms with van der Waals surface area (Å²) in [5.74, 6) is 0.364. The Balaban J connectivity index is 1.77. The minimum absolute atomic E-state index is 0.147. The number of hydrogen-bond acceptors (Lipinski definition) is 5. The summed E-state index contributed by atoms with van der Waals surface area (Å²) in [6.07, 6.45) is -1.69. The van der Waals surface area contributed by atoms with E-state index in [1.165, 1.54) is 31.4 Å². The zero-order chi connectivity index (χ0) is 25.5. The molecule has 0 spiro atoms. The monoisotopic (exact) mass is 489 g/mol. The van der Waals surface area contributed by atoms with E-state index >= 15 is 0 Å². The van der Waals surface area contributed by atoms with Gasteiger partial charge in [0.05, 0.1) is 23.7 Å².